The predicted molar refractivity (Wildman–Crippen MR) is 74.4 cm³/mol. The molecule has 4 nitrogen and oxygen atoms in total. The zero-order valence-electron chi connectivity index (χ0n) is 11.7. The Bertz CT molecular complexity index is 330. The van der Waals surface area contributed by atoms with Crippen LogP contribution in [-0.4, -0.2) is 38.2 Å². The Morgan fingerprint density at radius 2 is 1.72 bits per heavy atom. The summed E-state index contributed by atoms with van der Waals surface area (Å²) in [7, 11) is -2.99. The number of nitrogens with two attached hydrogens (primary N) is 1. The number of hydrogen-bond acceptors (Lipinski definition) is 4. The van der Waals surface area contributed by atoms with Gasteiger partial charge in [0, 0.05) is 5.54 Å². The summed E-state index contributed by atoms with van der Waals surface area (Å²) in [5.41, 5.74) is 6.06. The van der Waals surface area contributed by atoms with E-state index in [-0.39, 0.29) is 23.1 Å². The van der Waals surface area contributed by atoms with Gasteiger partial charge in [-0.25, -0.2) is 8.42 Å². The highest BCUT2D eigenvalue weighted by molar-refractivity contribution is 7.91. The Kier molecular flexibility index (Phi) is 6.08. The van der Waals surface area contributed by atoms with Crippen molar-refractivity contribution in [2.75, 3.05) is 19.0 Å². The summed E-state index contributed by atoms with van der Waals surface area (Å²) in [5, 5.41) is -0.328. The average Bonchev–Trinajstić information content (AvgIpc) is 2.50. The Morgan fingerprint density at radius 1 is 1.17 bits per heavy atom. The van der Waals surface area contributed by atoms with Gasteiger partial charge in [0.2, 0.25) is 0 Å². The topological polar surface area (TPSA) is 69.4 Å². The minimum absolute atomic E-state index is 0.0980. The molecule has 1 fully saturated rings. The van der Waals surface area contributed by atoms with Gasteiger partial charge in [-0.05, 0) is 26.7 Å². The van der Waals surface area contributed by atoms with Gasteiger partial charge in [0.1, 0.15) is 0 Å². The SMILES string of the molecule is CC(C)S(=O)(=O)CCOCC1(N)CCCCCC1. The quantitative estimate of drug-likeness (QED) is 0.594. The van der Waals surface area contributed by atoms with Crippen LogP contribution in [-0.2, 0) is 14.6 Å². The molecule has 18 heavy (non-hydrogen) atoms. The van der Waals surface area contributed by atoms with E-state index in [0.29, 0.717) is 6.61 Å². The summed E-state index contributed by atoms with van der Waals surface area (Å²) in [5.74, 6) is 0.0980. The van der Waals surface area contributed by atoms with Crippen LogP contribution in [0, 0.1) is 0 Å². The normalized spacial score (nSPS) is 20.9. The van der Waals surface area contributed by atoms with Gasteiger partial charge in [-0.3, -0.25) is 0 Å². The predicted octanol–water partition coefficient (Wildman–Crippen LogP) is 1.88. The largest absolute Gasteiger partial charge is 0.378 e. The van der Waals surface area contributed by atoms with E-state index in [9.17, 15) is 8.42 Å². The molecule has 0 heterocycles. The number of ether oxygens (including phenoxy) is 1. The minimum Gasteiger partial charge on any atom is -0.378 e. The van der Waals surface area contributed by atoms with E-state index in [0.717, 1.165) is 25.7 Å². The molecule has 0 unspecified atom stereocenters. The summed E-state index contributed by atoms with van der Waals surface area (Å²) in [6, 6.07) is 0. The van der Waals surface area contributed by atoms with Gasteiger partial charge in [-0.15, -0.1) is 0 Å². The molecule has 108 valence electrons. The van der Waals surface area contributed by atoms with Crippen molar-refractivity contribution in [2.45, 2.75) is 63.2 Å². The van der Waals surface area contributed by atoms with Gasteiger partial charge >= 0.3 is 0 Å². The second-order valence-electron chi connectivity index (χ2n) is 5.74. The molecule has 0 bridgehead atoms. The molecule has 1 aliphatic carbocycles. The molecule has 0 atom stereocenters. The first-order valence-electron chi connectivity index (χ1n) is 6.94. The van der Waals surface area contributed by atoms with Crippen LogP contribution >= 0.6 is 0 Å². The Balaban J connectivity index is 2.28. The van der Waals surface area contributed by atoms with Crippen LogP contribution in [0.5, 0.6) is 0 Å². The lowest BCUT2D eigenvalue weighted by molar-refractivity contribution is 0.0881. The lowest BCUT2D eigenvalue weighted by Crippen LogP contribution is -2.44. The van der Waals surface area contributed by atoms with Crippen molar-refractivity contribution in [2.24, 2.45) is 5.73 Å². The van der Waals surface area contributed by atoms with E-state index in [1.807, 2.05) is 0 Å². The standard InChI is InChI=1S/C13H27NO3S/c1-12(2)18(15,16)10-9-17-11-13(14)7-5-3-4-6-8-13/h12H,3-11,14H2,1-2H3. The fourth-order valence-corrected chi connectivity index (χ4v) is 3.08. The van der Waals surface area contributed by atoms with Crippen molar-refractivity contribution in [3.05, 3.63) is 0 Å². The summed E-state index contributed by atoms with van der Waals surface area (Å²) < 4.78 is 28.7. The van der Waals surface area contributed by atoms with Gasteiger partial charge in [-0.2, -0.15) is 0 Å². The maximum absolute atomic E-state index is 11.6. The molecule has 1 saturated carbocycles. The third kappa shape index (κ3) is 5.24. The fourth-order valence-electron chi connectivity index (χ4n) is 2.26. The van der Waals surface area contributed by atoms with Gasteiger partial charge in [0.05, 0.1) is 24.2 Å². The monoisotopic (exact) mass is 277 g/mol. The van der Waals surface area contributed by atoms with E-state index in [1.165, 1.54) is 12.8 Å². The lowest BCUT2D eigenvalue weighted by atomic mass is 9.93. The first kappa shape index (κ1) is 15.9. The highest BCUT2D eigenvalue weighted by Gasteiger charge is 2.26. The summed E-state index contributed by atoms with van der Waals surface area (Å²) in [6.07, 6.45) is 6.80. The van der Waals surface area contributed by atoms with Crippen molar-refractivity contribution >= 4 is 9.84 Å². The van der Waals surface area contributed by atoms with Crippen molar-refractivity contribution in [1.29, 1.82) is 0 Å². The van der Waals surface area contributed by atoms with Crippen molar-refractivity contribution in [1.82, 2.24) is 0 Å². The first-order valence-corrected chi connectivity index (χ1v) is 8.65. The molecule has 1 rings (SSSR count). The summed E-state index contributed by atoms with van der Waals surface area (Å²) in [4.78, 5) is 0. The van der Waals surface area contributed by atoms with Gasteiger partial charge in [0.25, 0.3) is 0 Å². The molecule has 0 radical (unpaired) electrons. The molecule has 1 aliphatic rings. The van der Waals surface area contributed by atoms with Crippen molar-refractivity contribution < 1.29 is 13.2 Å². The smallest absolute Gasteiger partial charge is 0.154 e. The van der Waals surface area contributed by atoms with E-state index in [1.54, 1.807) is 13.8 Å². The second-order valence-corrected chi connectivity index (χ2v) is 8.42. The molecule has 0 saturated heterocycles. The molecular weight excluding hydrogens is 250 g/mol. The van der Waals surface area contributed by atoms with Crippen LogP contribution in [0.25, 0.3) is 0 Å². The minimum atomic E-state index is -2.99. The third-order valence-electron chi connectivity index (χ3n) is 3.72. The molecule has 0 amide bonds. The zero-order chi connectivity index (χ0) is 13.6. The van der Waals surface area contributed by atoms with Crippen LogP contribution < -0.4 is 5.73 Å². The van der Waals surface area contributed by atoms with Crippen LogP contribution in [0.3, 0.4) is 0 Å². The maximum Gasteiger partial charge on any atom is 0.154 e. The number of rotatable bonds is 6. The number of sulfone groups is 1. The molecule has 0 aromatic carbocycles. The Morgan fingerprint density at radius 3 is 2.22 bits per heavy atom. The van der Waals surface area contributed by atoms with E-state index in [2.05, 4.69) is 0 Å². The molecule has 0 aromatic rings. The molecule has 0 aliphatic heterocycles. The Labute approximate surface area is 111 Å². The molecular formula is C13H27NO3S. The highest BCUT2D eigenvalue weighted by atomic mass is 32.2. The van der Waals surface area contributed by atoms with Crippen LogP contribution in [0.4, 0.5) is 0 Å². The molecule has 0 spiro atoms. The van der Waals surface area contributed by atoms with Crippen LogP contribution in [0.2, 0.25) is 0 Å². The first-order chi connectivity index (χ1) is 8.36. The van der Waals surface area contributed by atoms with Crippen molar-refractivity contribution in [3.63, 3.8) is 0 Å². The fraction of sp³-hybridized carbons (Fsp3) is 1.00. The van der Waals surface area contributed by atoms with Crippen molar-refractivity contribution in [3.8, 4) is 0 Å². The highest BCUT2D eigenvalue weighted by Crippen LogP contribution is 2.25. The molecule has 5 heteroatoms. The van der Waals surface area contributed by atoms with Gasteiger partial charge in [0.15, 0.2) is 9.84 Å². The van der Waals surface area contributed by atoms with E-state index in [4.69, 9.17) is 10.5 Å². The summed E-state index contributed by atoms with van der Waals surface area (Å²) in [6.45, 7) is 4.15. The van der Waals surface area contributed by atoms with Gasteiger partial charge < -0.3 is 10.5 Å². The second kappa shape index (κ2) is 6.87. The zero-order valence-corrected chi connectivity index (χ0v) is 12.5. The van der Waals surface area contributed by atoms with Crippen LogP contribution in [0.15, 0.2) is 0 Å². The van der Waals surface area contributed by atoms with E-state index >= 15 is 0 Å². The van der Waals surface area contributed by atoms with Gasteiger partial charge in [-0.1, -0.05) is 25.7 Å². The Hall–Kier alpha value is -0.130. The van der Waals surface area contributed by atoms with Crippen LogP contribution in [0.1, 0.15) is 52.4 Å². The summed E-state index contributed by atoms with van der Waals surface area (Å²) >= 11 is 0. The molecule has 0 aromatic heterocycles. The van der Waals surface area contributed by atoms with E-state index < -0.39 is 9.84 Å². The third-order valence-corrected chi connectivity index (χ3v) is 5.89. The maximum atomic E-state index is 11.6. The number of hydrogen-bond donors (Lipinski definition) is 1. The average molecular weight is 277 g/mol. The lowest BCUT2D eigenvalue weighted by Gasteiger charge is -2.27. The molecule has 2 N–H and O–H groups in total.